The molecule has 1 heterocycles. The van der Waals surface area contributed by atoms with Crippen LogP contribution in [0.2, 0.25) is 0 Å². The molecule has 112 valence electrons. The molecule has 7 heteroatoms. The maximum Gasteiger partial charge on any atom is 0.329 e. The van der Waals surface area contributed by atoms with Crippen molar-refractivity contribution >= 4 is 7.60 Å². The average Bonchev–Trinajstić information content (AvgIpc) is 2.96. The molecule has 0 amide bonds. The lowest BCUT2D eigenvalue weighted by Gasteiger charge is -2.06. The van der Waals surface area contributed by atoms with Gasteiger partial charge < -0.3 is 9.79 Å². The van der Waals surface area contributed by atoms with Gasteiger partial charge in [-0.2, -0.15) is 0 Å². The third-order valence-electron chi connectivity index (χ3n) is 3.13. The van der Waals surface area contributed by atoms with Gasteiger partial charge >= 0.3 is 7.60 Å². The zero-order valence-corrected chi connectivity index (χ0v) is 12.5. The normalized spacial score (nSPS) is 11.5. The second-order valence-electron chi connectivity index (χ2n) is 4.91. The van der Waals surface area contributed by atoms with E-state index in [2.05, 4.69) is 10.3 Å². The molecule has 22 heavy (non-hydrogen) atoms. The van der Waals surface area contributed by atoms with Crippen molar-refractivity contribution in [2.45, 2.75) is 6.16 Å². The van der Waals surface area contributed by atoms with Crippen LogP contribution < -0.4 is 0 Å². The van der Waals surface area contributed by atoms with Gasteiger partial charge in [0, 0.05) is 5.56 Å². The van der Waals surface area contributed by atoms with Crippen molar-refractivity contribution in [3.63, 3.8) is 0 Å². The molecule has 0 saturated carbocycles. The van der Waals surface area contributed by atoms with Crippen LogP contribution in [0.1, 0.15) is 5.56 Å². The summed E-state index contributed by atoms with van der Waals surface area (Å²) in [5.41, 5.74) is 2.96. The molecule has 0 bridgehead atoms. The van der Waals surface area contributed by atoms with Crippen LogP contribution >= 0.6 is 7.60 Å². The predicted molar refractivity (Wildman–Crippen MR) is 82.5 cm³/mol. The van der Waals surface area contributed by atoms with Gasteiger partial charge in [0.2, 0.25) is 0 Å². The molecule has 0 radical (unpaired) electrons. The zero-order chi connectivity index (χ0) is 15.6. The molecule has 0 aliphatic rings. The van der Waals surface area contributed by atoms with Gasteiger partial charge in [-0.15, -0.1) is 5.10 Å². The first-order chi connectivity index (χ1) is 10.5. The Morgan fingerprint density at radius 1 is 1.05 bits per heavy atom. The van der Waals surface area contributed by atoms with Crippen molar-refractivity contribution < 1.29 is 14.4 Å². The summed E-state index contributed by atoms with van der Waals surface area (Å²) in [6.07, 6.45) is 1.49. The van der Waals surface area contributed by atoms with Gasteiger partial charge in [-0.25, -0.2) is 4.68 Å². The standard InChI is InChI=1S/C15H14N3O3P/c19-22(20,21)11-12-5-4-8-14(9-12)18-10-15(16-17-18)13-6-2-1-3-7-13/h1-10H,11H2,(H2,19,20,21). The molecule has 0 saturated heterocycles. The summed E-state index contributed by atoms with van der Waals surface area (Å²) in [7, 11) is -4.09. The number of nitrogens with zero attached hydrogens (tertiary/aromatic N) is 3. The van der Waals surface area contributed by atoms with E-state index < -0.39 is 7.60 Å². The molecule has 3 rings (SSSR count). The Bertz CT molecular complexity index is 827. The highest BCUT2D eigenvalue weighted by molar-refractivity contribution is 7.50. The fourth-order valence-corrected chi connectivity index (χ4v) is 2.84. The summed E-state index contributed by atoms with van der Waals surface area (Å²) in [4.78, 5) is 18.1. The van der Waals surface area contributed by atoms with Crippen LogP contribution in [-0.4, -0.2) is 24.8 Å². The van der Waals surface area contributed by atoms with Crippen LogP contribution in [0, 0.1) is 0 Å². The summed E-state index contributed by atoms with van der Waals surface area (Å²) in [6, 6.07) is 16.6. The minimum absolute atomic E-state index is 0.291. The van der Waals surface area contributed by atoms with E-state index in [0.717, 1.165) is 11.3 Å². The highest BCUT2D eigenvalue weighted by atomic mass is 31.2. The molecule has 1 aromatic heterocycles. The van der Waals surface area contributed by atoms with Gasteiger partial charge in [-0.3, -0.25) is 4.57 Å². The number of hydrogen-bond acceptors (Lipinski definition) is 3. The molecule has 0 fully saturated rings. The zero-order valence-electron chi connectivity index (χ0n) is 11.6. The second kappa shape index (κ2) is 5.85. The van der Waals surface area contributed by atoms with Crippen molar-refractivity contribution in [3.05, 3.63) is 66.4 Å². The first-order valence-electron chi connectivity index (χ1n) is 6.63. The fourth-order valence-electron chi connectivity index (χ4n) is 2.17. The Labute approximate surface area is 127 Å². The Morgan fingerprint density at radius 3 is 2.55 bits per heavy atom. The topological polar surface area (TPSA) is 88.2 Å². The van der Waals surface area contributed by atoms with Crippen LogP contribution in [0.25, 0.3) is 16.9 Å². The van der Waals surface area contributed by atoms with Gasteiger partial charge in [-0.1, -0.05) is 47.7 Å². The van der Waals surface area contributed by atoms with E-state index in [4.69, 9.17) is 9.79 Å². The van der Waals surface area contributed by atoms with Crippen molar-refractivity contribution in [2.24, 2.45) is 0 Å². The highest BCUT2D eigenvalue weighted by Gasteiger charge is 2.14. The molecular weight excluding hydrogens is 301 g/mol. The summed E-state index contributed by atoms with van der Waals surface area (Å²) < 4.78 is 12.7. The molecule has 0 aliphatic heterocycles. The van der Waals surface area contributed by atoms with Gasteiger partial charge in [0.05, 0.1) is 18.0 Å². The van der Waals surface area contributed by atoms with E-state index in [0.29, 0.717) is 11.3 Å². The van der Waals surface area contributed by atoms with E-state index in [9.17, 15) is 4.57 Å². The van der Waals surface area contributed by atoms with E-state index in [1.54, 1.807) is 29.1 Å². The molecule has 6 nitrogen and oxygen atoms in total. The minimum Gasteiger partial charge on any atom is -0.324 e. The first-order valence-corrected chi connectivity index (χ1v) is 8.43. The molecule has 3 aromatic rings. The van der Waals surface area contributed by atoms with Gasteiger partial charge in [0.15, 0.2) is 0 Å². The molecule has 0 unspecified atom stereocenters. The lowest BCUT2D eigenvalue weighted by molar-refractivity contribution is 0.371. The first kappa shape index (κ1) is 14.7. The van der Waals surface area contributed by atoms with E-state index in [1.807, 2.05) is 36.4 Å². The van der Waals surface area contributed by atoms with Gasteiger partial charge in [-0.05, 0) is 17.7 Å². The Balaban J connectivity index is 1.91. The van der Waals surface area contributed by atoms with Gasteiger partial charge in [0.25, 0.3) is 0 Å². The van der Waals surface area contributed by atoms with E-state index in [1.165, 1.54) is 0 Å². The van der Waals surface area contributed by atoms with Crippen LogP contribution in [0.15, 0.2) is 60.8 Å². The second-order valence-corrected chi connectivity index (χ2v) is 6.55. The average molecular weight is 315 g/mol. The summed E-state index contributed by atoms with van der Waals surface area (Å²) >= 11 is 0. The van der Waals surface area contributed by atoms with E-state index in [-0.39, 0.29) is 6.16 Å². The largest absolute Gasteiger partial charge is 0.329 e. The Morgan fingerprint density at radius 2 is 1.82 bits per heavy atom. The number of benzene rings is 2. The summed E-state index contributed by atoms with van der Waals surface area (Å²) in [5.74, 6) is 0. The molecular formula is C15H14N3O3P. The lowest BCUT2D eigenvalue weighted by atomic mass is 10.2. The predicted octanol–water partition coefficient (Wildman–Crippen LogP) is 2.61. The van der Waals surface area contributed by atoms with E-state index >= 15 is 0 Å². The Hall–Kier alpha value is -2.27. The molecule has 2 N–H and O–H groups in total. The van der Waals surface area contributed by atoms with Crippen molar-refractivity contribution in [2.75, 3.05) is 0 Å². The third-order valence-corrected chi connectivity index (χ3v) is 3.90. The maximum atomic E-state index is 11.1. The number of hydrogen-bond donors (Lipinski definition) is 2. The van der Waals surface area contributed by atoms with Crippen LogP contribution in [0.3, 0.4) is 0 Å². The quantitative estimate of drug-likeness (QED) is 0.723. The molecule has 0 atom stereocenters. The number of rotatable bonds is 4. The minimum atomic E-state index is -4.09. The smallest absolute Gasteiger partial charge is 0.324 e. The molecule has 2 aromatic carbocycles. The van der Waals surface area contributed by atoms with Crippen molar-refractivity contribution in [3.8, 4) is 16.9 Å². The summed E-state index contributed by atoms with van der Waals surface area (Å²) in [6.45, 7) is 0. The lowest BCUT2D eigenvalue weighted by Crippen LogP contribution is -1.96. The fraction of sp³-hybridized carbons (Fsp3) is 0.0667. The molecule has 0 aliphatic carbocycles. The number of aromatic nitrogens is 3. The van der Waals surface area contributed by atoms with Crippen LogP contribution in [0.5, 0.6) is 0 Å². The monoisotopic (exact) mass is 315 g/mol. The van der Waals surface area contributed by atoms with Crippen molar-refractivity contribution in [1.82, 2.24) is 15.0 Å². The SMILES string of the molecule is O=P(O)(O)Cc1cccc(-n2cc(-c3ccccc3)nn2)c1. The van der Waals surface area contributed by atoms with Crippen LogP contribution in [-0.2, 0) is 10.7 Å². The molecule has 0 spiro atoms. The third kappa shape index (κ3) is 3.49. The maximum absolute atomic E-state index is 11.1. The summed E-state index contributed by atoms with van der Waals surface area (Å²) in [5, 5.41) is 8.20. The highest BCUT2D eigenvalue weighted by Crippen LogP contribution is 2.39. The van der Waals surface area contributed by atoms with Crippen molar-refractivity contribution in [1.29, 1.82) is 0 Å². The Kier molecular flexibility index (Phi) is 3.90. The van der Waals surface area contributed by atoms with Crippen LogP contribution in [0.4, 0.5) is 0 Å². The van der Waals surface area contributed by atoms with Gasteiger partial charge in [0.1, 0.15) is 5.69 Å².